The highest BCUT2D eigenvalue weighted by atomic mass is 19.1. The van der Waals surface area contributed by atoms with E-state index >= 15 is 0 Å². The minimum Gasteiger partial charge on any atom is -0.271 e. The van der Waals surface area contributed by atoms with Crippen molar-refractivity contribution in [2.75, 3.05) is 0 Å². The van der Waals surface area contributed by atoms with Crippen molar-refractivity contribution in [3.05, 3.63) is 60.4 Å². The molecule has 0 aliphatic carbocycles. The molecular weight excluding hydrogens is 227 g/mol. The Morgan fingerprint density at radius 3 is 2.61 bits per heavy atom. The fourth-order valence-electron chi connectivity index (χ4n) is 2.20. The van der Waals surface area contributed by atoms with Crippen molar-refractivity contribution in [3.63, 3.8) is 0 Å². The Bertz CT molecular complexity index is 551. The van der Waals surface area contributed by atoms with Crippen molar-refractivity contribution in [1.29, 1.82) is 0 Å². The third-order valence-electron chi connectivity index (χ3n) is 3.14. The Balaban J connectivity index is 2.49. The number of hydrogen-bond acceptors (Lipinski definition) is 2. The fraction of sp³-hybridized carbons (Fsp3) is 0.200. The Morgan fingerprint density at radius 1 is 1.22 bits per heavy atom. The molecule has 1 atom stereocenters. The molecule has 0 aliphatic heterocycles. The first-order valence-electron chi connectivity index (χ1n) is 6.02. The van der Waals surface area contributed by atoms with Crippen molar-refractivity contribution in [1.82, 2.24) is 5.43 Å². The van der Waals surface area contributed by atoms with Crippen LogP contribution in [0.4, 0.5) is 4.39 Å². The molecule has 0 radical (unpaired) electrons. The number of hydrogen-bond donors (Lipinski definition) is 2. The first kappa shape index (κ1) is 12.7. The van der Waals surface area contributed by atoms with Gasteiger partial charge < -0.3 is 0 Å². The summed E-state index contributed by atoms with van der Waals surface area (Å²) >= 11 is 0. The third kappa shape index (κ3) is 2.42. The van der Waals surface area contributed by atoms with Crippen LogP contribution in [0.3, 0.4) is 0 Å². The standard InChI is InChI=1S/C15H17FN2/c1-2-3-8-15(18-17)13-9-10-14(16)12-7-5-4-6-11(12)13/h2,4-7,9-10,15,18H,1,3,8,17H2. The SMILES string of the molecule is C=CCCC(NN)c1ccc(F)c2ccccc12. The smallest absolute Gasteiger partial charge is 0.131 e. The zero-order chi connectivity index (χ0) is 13.0. The molecule has 2 rings (SSSR count). The minimum absolute atomic E-state index is 0.00787. The van der Waals surface area contributed by atoms with Crippen LogP contribution in [0.2, 0.25) is 0 Å². The second kappa shape index (κ2) is 5.76. The van der Waals surface area contributed by atoms with Crippen molar-refractivity contribution in [2.45, 2.75) is 18.9 Å². The molecule has 3 N–H and O–H groups in total. The summed E-state index contributed by atoms with van der Waals surface area (Å²) < 4.78 is 13.7. The van der Waals surface area contributed by atoms with Gasteiger partial charge in [-0.2, -0.15) is 0 Å². The molecule has 2 aromatic carbocycles. The summed E-state index contributed by atoms with van der Waals surface area (Å²) in [5, 5.41) is 1.54. The van der Waals surface area contributed by atoms with E-state index in [0.29, 0.717) is 5.39 Å². The van der Waals surface area contributed by atoms with Gasteiger partial charge in [0.05, 0.1) is 0 Å². The molecule has 0 spiro atoms. The number of hydrazine groups is 1. The quantitative estimate of drug-likeness (QED) is 0.480. The minimum atomic E-state index is -0.200. The van der Waals surface area contributed by atoms with Gasteiger partial charge in [0.15, 0.2) is 0 Å². The Morgan fingerprint density at radius 2 is 1.94 bits per heavy atom. The van der Waals surface area contributed by atoms with Crippen LogP contribution in [0.15, 0.2) is 49.1 Å². The number of halogens is 1. The molecule has 18 heavy (non-hydrogen) atoms. The lowest BCUT2D eigenvalue weighted by molar-refractivity contribution is 0.523. The molecule has 94 valence electrons. The monoisotopic (exact) mass is 244 g/mol. The molecule has 0 heterocycles. The van der Waals surface area contributed by atoms with E-state index in [2.05, 4.69) is 12.0 Å². The maximum absolute atomic E-state index is 13.7. The Kier molecular flexibility index (Phi) is 4.07. The van der Waals surface area contributed by atoms with E-state index in [1.165, 1.54) is 6.07 Å². The fourth-order valence-corrected chi connectivity index (χ4v) is 2.20. The van der Waals surface area contributed by atoms with Crippen LogP contribution in [0.5, 0.6) is 0 Å². The molecule has 3 heteroatoms. The maximum Gasteiger partial charge on any atom is 0.131 e. The van der Waals surface area contributed by atoms with Crippen LogP contribution < -0.4 is 11.3 Å². The molecule has 0 aliphatic rings. The lowest BCUT2D eigenvalue weighted by atomic mass is 9.96. The summed E-state index contributed by atoms with van der Waals surface area (Å²) in [7, 11) is 0. The summed E-state index contributed by atoms with van der Waals surface area (Å²) in [5.74, 6) is 5.40. The number of fused-ring (bicyclic) bond motifs is 1. The van der Waals surface area contributed by atoms with Crippen molar-refractivity contribution in [3.8, 4) is 0 Å². The Labute approximate surface area is 106 Å². The number of allylic oxidation sites excluding steroid dienone is 1. The van der Waals surface area contributed by atoms with Crippen LogP contribution in [-0.4, -0.2) is 0 Å². The maximum atomic E-state index is 13.7. The van der Waals surface area contributed by atoms with Crippen molar-refractivity contribution >= 4 is 10.8 Å². The van der Waals surface area contributed by atoms with Crippen LogP contribution >= 0.6 is 0 Å². The second-order valence-electron chi connectivity index (χ2n) is 4.27. The predicted octanol–water partition coefficient (Wildman–Crippen LogP) is 3.45. The predicted molar refractivity (Wildman–Crippen MR) is 73.4 cm³/mol. The van der Waals surface area contributed by atoms with Gasteiger partial charge in [0, 0.05) is 11.4 Å². The lowest BCUT2D eigenvalue weighted by Gasteiger charge is -2.18. The normalized spacial score (nSPS) is 12.6. The first-order chi connectivity index (χ1) is 8.77. The molecule has 0 fully saturated rings. The van der Waals surface area contributed by atoms with E-state index in [4.69, 9.17) is 5.84 Å². The number of nitrogens with one attached hydrogen (secondary N) is 1. The molecule has 0 aromatic heterocycles. The molecule has 2 aromatic rings. The van der Waals surface area contributed by atoms with Gasteiger partial charge in [0.1, 0.15) is 5.82 Å². The molecule has 0 saturated heterocycles. The highest BCUT2D eigenvalue weighted by Crippen LogP contribution is 2.28. The van der Waals surface area contributed by atoms with E-state index in [-0.39, 0.29) is 11.9 Å². The van der Waals surface area contributed by atoms with Gasteiger partial charge in [-0.1, -0.05) is 36.4 Å². The highest BCUT2D eigenvalue weighted by Gasteiger charge is 2.13. The van der Waals surface area contributed by atoms with E-state index in [9.17, 15) is 4.39 Å². The lowest BCUT2D eigenvalue weighted by Crippen LogP contribution is -2.28. The summed E-state index contributed by atoms with van der Waals surface area (Å²) in [4.78, 5) is 0. The van der Waals surface area contributed by atoms with Crippen LogP contribution in [0.25, 0.3) is 10.8 Å². The van der Waals surface area contributed by atoms with Crippen LogP contribution in [0, 0.1) is 5.82 Å². The summed E-state index contributed by atoms with van der Waals surface area (Å²) in [6.45, 7) is 3.71. The van der Waals surface area contributed by atoms with Gasteiger partial charge in [-0.15, -0.1) is 6.58 Å². The van der Waals surface area contributed by atoms with Gasteiger partial charge >= 0.3 is 0 Å². The average molecular weight is 244 g/mol. The van der Waals surface area contributed by atoms with E-state index < -0.39 is 0 Å². The number of benzene rings is 2. The van der Waals surface area contributed by atoms with Gasteiger partial charge in [-0.05, 0) is 29.9 Å². The second-order valence-corrected chi connectivity index (χ2v) is 4.27. The highest BCUT2D eigenvalue weighted by molar-refractivity contribution is 5.86. The Hall–Kier alpha value is -1.71. The molecule has 2 nitrogen and oxygen atoms in total. The first-order valence-corrected chi connectivity index (χ1v) is 6.02. The largest absolute Gasteiger partial charge is 0.271 e. The van der Waals surface area contributed by atoms with Crippen LogP contribution in [0.1, 0.15) is 24.4 Å². The molecule has 0 saturated carbocycles. The number of rotatable bonds is 5. The van der Waals surface area contributed by atoms with E-state index in [1.807, 2.05) is 24.3 Å². The van der Waals surface area contributed by atoms with E-state index in [1.54, 1.807) is 12.1 Å². The van der Waals surface area contributed by atoms with Gasteiger partial charge in [0.25, 0.3) is 0 Å². The van der Waals surface area contributed by atoms with E-state index in [0.717, 1.165) is 23.8 Å². The van der Waals surface area contributed by atoms with Gasteiger partial charge in [0.2, 0.25) is 0 Å². The number of nitrogens with two attached hydrogens (primary N) is 1. The molecule has 1 unspecified atom stereocenters. The van der Waals surface area contributed by atoms with Gasteiger partial charge in [-0.3, -0.25) is 11.3 Å². The molecule has 0 amide bonds. The summed E-state index contributed by atoms with van der Waals surface area (Å²) in [5.41, 5.74) is 3.82. The van der Waals surface area contributed by atoms with Gasteiger partial charge in [-0.25, -0.2) is 4.39 Å². The zero-order valence-corrected chi connectivity index (χ0v) is 10.2. The topological polar surface area (TPSA) is 38.0 Å². The zero-order valence-electron chi connectivity index (χ0n) is 10.2. The molecular formula is C15H17FN2. The average Bonchev–Trinajstić information content (AvgIpc) is 2.42. The van der Waals surface area contributed by atoms with Crippen molar-refractivity contribution < 1.29 is 4.39 Å². The molecule has 0 bridgehead atoms. The third-order valence-corrected chi connectivity index (χ3v) is 3.14. The van der Waals surface area contributed by atoms with Crippen molar-refractivity contribution in [2.24, 2.45) is 5.84 Å². The summed E-state index contributed by atoms with van der Waals surface area (Å²) in [6.07, 6.45) is 3.56. The van der Waals surface area contributed by atoms with Crippen LogP contribution in [-0.2, 0) is 0 Å². The summed E-state index contributed by atoms with van der Waals surface area (Å²) in [6, 6.07) is 10.8.